The second-order valence-electron chi connectivity index (χ2n) is 9.64. The first kappa shape index (κ1) is 26.2. The number of hydrogen-bond donors (Lipinski definition) is 1. The van der Waals surface area contributed by atoms with Crippen molar-refractivity contribution in [1.29, 1.82) is 0 Å². The summed E-state index contributed by atoms with van der Waals surface area (Å²) in [6, 6.07) is 12.0. The lowest BCUT2D eigenvalue weighted by atomic mass is 9.95. The molecule has 0 spiro atoms. The number of allylic oxidation sites excluding steroid dienone is 2. The maximum Gasteiger partial charge on any atom is 0.199 e. The minimum Gasteiger partial charge on any atom is -0.369 e. The van der Waals surface area contributed by atoms with Crippen LogP contribution in [0.1, 0.15) is 40.5 Å². The number of sulfone groups is 1. The lowest BCUT2D eigenvalue weighted by Crippen LogP contribution is -2.43. The van der Waals surface area contributed by atoms with Crippen LogP contribution < -0.4 is 10.2 Å². The highest BCUT2D eigenvalue weighted by Gasteiger charge is 2.29. The van der Waals surface area contributed by atoms with Crippen LogP contribution in [0, 0.1) is 11.6 Å². The average molecular weight is 538 g/mol. The van der Waals surface area contributed by atoms with Crippen LogP contribution in [0.2, 0.25) is 0 Å². The summed E-state index contributed by atoms with van der Waals surface area (Å²) in [5.41, 5.74) is 3.23. The van der Waals surface area contributed by atoms with E-state index in [1.165, 1.54) is 0 Å². The van der Waals surface area contributed by atoms with Gasteiger partial charge in [-0.25, -0.2) is 17.2 Å². The minimum absolute atomic E-state index is 0.115. The van der Waals surface area contributed by atoms with E-state index in [-0.39, 0.29) is 16.9 Å². The SMILES string of the molecule is CCCS(=O)(=O)Cc1ccc(F)c(C(=O)C2=CCc3ncc(-c4ccc(N5CCNCC5)cc4)cc32)c1F. The average Bonchev–Trinajstić information content (AvgIpc) is 3.34. The van der Waals surface area contributed by atoms with Crippen molar-refractivity contribution in [3.8, 4) is 11.1 Å². The van der Waals surface area contributed by atoms with Gasteiger partial charge in [-0.1, -0.05) is 31.2 Å². The smallest absolute Gasteiger partial charge is 0.199 e. The molecule has 5 rings (SSSR count). The monoisotopic (exact) mass is 537 g/mol. The molecule has 1 fully saturated rings. The Labute approximate surface area is 221 Å². The summed E-state index contributed by atoms with van der Waals surface area (Å²) in [6.07, 6.45) is 4.11. The zero-order valence-electron chi connectivity index (χ0n) is 21.1. The third-order valence-electron chi connectivity index (χ3n) is 6.98. The Morgan fingerprint density at radius 2 is 1.79 bits per heavy atom. The first-order valence-electron chi connectivity index (χ1n) is 12.7. The largest absolute Gasteiger partial charge is 0.369 e. The number of hydrogen-bond acceptors (Lipinski definition) is 6. The second kappa shape index (κ2) is 10.7. The van der Waals surface area contributed by atoms with Gasteiger partial charge in [0, 0.05) is 66.7 Å². The lowest BCUT2D eigenvalue weighted by Gasteiger charge is -2.29. The number of Topliss-reactive ketones (excluding diaryl/α,β-unsaturated/α-hetero) is 1. The van der Waals surface area contributed by atoms with Crippen LogP contribution in [-0.2, 0) is 22.0 Å². The number of halogens is 2. The zero-order chi connectivity index (χ0) is 26.9. The summed E-state index contributed by atoms with van der Waals surface area (Å²) < 4.78 is 54.6. The van der Waals surface area contributed by atoms with Crippen LogP contribution in [0.25, 0.3) is 16.7 Å². The number of rotatable bonds is 8. The number of ketones is 1. The molecule has 1 N–H and O–H groups in total. The Kier molecular flexibility index (Phi) is 7.40. The first-order valence-corrected chi connectivity index (χ1v) is 14.6. The molecule has 2 aromatic carbocycles. The summed E-state index contributed by atoms with van der Waals surface area (Å²) in [5.74, 6) is -3.67. The van der Waals surface area contributed by atoms with Gasteiger partial charge in [-0.2, -0.15) is 0 Å². The molecule has 0 bridgehead atoms. The Hall–Kier alpha value is -3.43. The van der Waals surface area contributed by atoms with E-state index in [0.717, 1.165) is 55.1 Å². The predicted molar refractivity (Wildman–Crippen MR) is 145 cm³/mol. The van der Waals surface area contributed by atoms with Crippen LogP contribution >= 0.6 is 0 Å². The molecular formula is C29H29F2N3O3S. The molecule has 198 valence electrons. The summed E-state index contributed by atoms with van der Waals surface area (Å²) in [5, 5.41) is 3.34. The van der Waals surface area contributed by atoms with E-state index < -0.39 is 38.6 Å². The van der Waals surface area contributed by atoms with Crippen molar-refractivity contribution in [2.24, 2.45) is 0 Å². The number of pyridine rings is 1. The van der Waals surface area contributed by atoms with Gasteiger partial charge in [-0.05, 0) is 36.2 Å². The fraction of sp³-hybridized carbons (Fsp3) is 0.310. The maximum atomic E-state index is 15.3. The number of aromatic nitrogens is 1. The highest BCUT2D eigenvalue weighted by Crippen LogP contribution is 2.34. The third kappa shape index (κ3) is 5.26. The number of nitrogens with one attached hydrogen (secondary N) is 1. The summed E-state index contributed by atoms with van der Waals surface area (Å²) in [4.78, 5) is 20.3. The Balaban J connectivity index is 1.43. The number of benzene rings is 2. The molecule has 9 heteroatoms. The molecule has 0 radical (unpaired) electrons. The summed E-state index contributed by atoms with van der Waals surface area (Å²) in [6.45, 7) is 5.47. The molecule has 1 aliphatic heterocycles. The molecule has 0 saturated carbocycles. The van der Waals surface area contributed by atoms with Crippen LogP contribution in [0.5, 0.6) is 0 Å². The molecule has 1 saturated heterocycles. The molecule has 2 heterocycles. The van der Waals surface area contributed by atoms with Crippen molar-refractivity contribution in [2.45, 2.75) is 25.5 Å². The Bertz CT molecular complexity index is 1510. The zero-order valence-corrected chi connectivity index (χ0v) is 22.0. The predicted octanol–water partition coefficient (Wildman–Crippen LogP) is 4.58. The number of carbonyl (C=O) groups is 1. The fourth-order valence-electron chi connectivity index (χ4n) is 5.03. The van der Waals surface area contributed by atoms with Crippen molar-refractivity contribution in [2.75, 3.05) is 36.8 Å². The van der Waals surface area contributed by atoms with Gasteiger partial charge in [0.15, 0.2) is 15.6 Å². The molecular weight excluding hydrogens is 508 g/mol. The van der Waals surface area contributed by atoms with E-state index in [1.807, 2.05) is 18.2 Å². The van der Waals surface area contributed by atoms with Crippen LogP contribution in [0.15, 0.2) is 54.7 Å². The van der Waals surface area contributed by atoms with Gasteiger partial charge in [0.1, 0.15) is 11.6 Å². The summed E-state index contributed by atoms with van der Waals surface area (Å²) in [7, 11) is -3.58. The van der Waals surface area contributed by atoms with Gasteiger partial charge < -0.3 is 10.2 Å². The Morgan fingerprint density at radius 3 is 2.50 bits per heavy atom. The molecule has 3 aromatic rings. The van der Waals surface area contributed by atoms with E-state index in [2.05, 4.69) is 27.3 Å². The van der Waals surface area contributed by atoms with E-state index in [4.69, 9.17) is 0 Å². The van der Waals surface area contributed by atoms with Gasteiger partial charge in [-0.15, -0.1) is 0 Å². The van der Waals surface area contributed by atoms with Crippen molar-refractivity contribution in [3.63, 3.8) is 0 Å². The molecule has 0 atom stereocenters. The molecule has 2 aliphatic rings. The first-order chi connectivity index (χ1) is 18.3. The topological polar surface area (TPSA) is 79.4 Å². The quantitative estimate of drug-likeness (QED) is 0.424. The molecule has 38 heavy (non-hydrogen) atoms. The molecule has 1 aromatic heterocycles. The number of carbonyl (C=O) groups excluding carboxylic acids is 1. The third-order valence-corrected chi connectivity index (χ3v) is 8.76. The Morgan fingerprint density at radius 1 is 1.05 bits per heavy atom. The standard InChI is InChI=1S/C29H29F2N3O3S/c1-2-15-38(36,37)18-20-5-9-25(30)27(28(20)31)29(35)23-8-10-26-24(23)16-21(17-33-26)19-3-6-22(7-4-19)34-13-11-32-12-14-34/h3-9,16-17,32H,2,10-15,18H2,1H3. The van der Waals surface area contributed by atoms with Gasteiger partial charge in [-0.3, -0.25) is 9.78 Å². The number of nitrogens with zero attached hydrogens (tertiary/aromatic N) is 2. The fourth-order valence-corrected chi connectivity index (χ4v) is 6.49. The van der Waals surface area contributed by atoms with Crippen LogP contribution in [-0.4, -0.2) is 51.1 Å². The van der Waals surface area contributed by atoms with Crippen molar-refractivity contribution in [1.82, 2.24) is 10.3 Å². The van der Waals surface area contributed by atoms with Crippen LogP contribution in [0.4, 0.5) is 14.5 Å². The maximum absolute atomic E-state index is 15.3. The lowest BCUT2D eigenvalue weighted by molar-refractivity contribution is 0.104. The van der Waals surface area contributed by atoms with Gasteiger partial charge in [0.2, 0.25) is 0 Å². The number of piperazine rings is 1. The summed E-state index contributed by atoms with van der Waals surface area (Å²) >= 11 is 0. The molecule has 0 unspecified atom stereocenters. The molecule has 1 aliphatic carbocycles. The van der Waals surface area contributed by atoms with Crippen molar-refractivity contribution < 1.29 is 22.0 Å². The molecule has 0 amide bonds. The highest BCUT2D eigenvalue weighted by atomic mass is 32.2. The molecule has 6 nitrogen and oxygen atoms in total. The normalized spacial score (nSPS) is 15.3. The number of fused-ring (bicyclic) bond motifs is 1. The second-order valence-corrected chi connectivity index (χ2v) is 11.8. The van der Waals surface area contributed by atoms with E-state index in [0.29, 0.717) is 24.1 Å². The van der Waals surface area contributed by atoms with Gasteiger partial charge >= 0.3 is 0 Å². The van der Waals surface area contributed by atoms with Gasteiger partial charge in [0.25, 0.3) is 0 Å². The van der Waals surface area contributed by atoms with Crippen LogP contribution in [0.3, 0.4) is 0 Å². The van der Waals surface area contributed by atoms with Gasteiger partial charge in [0.05, 0.1) is 22.8 Å². The number of anilines is 1. The van der Waals surface area contributed by atoms with E-state index in [1.54, 1.807) is 19.2 Å². The minimum atomic E-state index is -3.58. The van der Waals surface area contributed by atoms with Crippen molar-refractivity contribution in [3.05, 3.63) is 88.8 Å². The van der Waals surface area contributed by atoms with E-state index in [9.17, 15) is 17.6 Å². The van der Waals surface area contributed by atoms with Crippen molar-refractivity contribution >= 4 is 26.9 Å². The van der Waals surface area contributed by atoms with E-state index >= 15 is 4.39 Å². The highest BCUT2D eigenvalue weighted by molar-refractivity contribution is 7.90.